The van der Waals surface area contributed by atoms with Gasteiger partial charge in [0.05, 0.1) is 132 Å². The minimum absolute atomic E-state index is 0.292. The van der Waals surface area contributed by atoms with Crippen LogP contribution in [0.1, 0.15) is 44.5 Å². The number of hydrogen-bond donors (Lipinski definition) is 2. The monoisotopic (exact) mass is 1040 g/mol. The fourth-order valence-electron chi connectivity index (χ4n) is 8.15. The maximum absolute atomic E-state index is 6.81. The molecule has 4 aromatic carbocycles. The number of methoxy groups -OCH3 is 4. The van der Waals surface area contributed by atoms with Crippen LogP contribution in [0, 0.1) is 0 Å². The fourth-order valence-corrected chi connectivity index (χ4v) is 8.15. The van der Waals surface area contributed by atoms with Crippen molar-refractivity contribution in [3.8, 4) is 23.0 Å². The number of nitrogen functional groups attached to an aromatic ring is 2. The van der Waals surface area contributed by atoms with Crippen LogP contribution in [0.15, 0.2) is 60.7 Å². The van der Waals surface area contributed by atoms with Crippen LogP contribution in [0.2, 0.25) is 0 Å². The molecule has 4 aromatic rings. The molecule has 0 radical (unpaired) electrons. The summed E-state index contributed by atoms with van der Waals surface area (Å²) in [6.07, 6.45) is 1.75. The van der Waals surface area contributed by atoms with Gasteiger partial charge in [-0.2, -0.15) is 0 Å². The Bertz CT molecular complexity index is 1900. The Kier molecular flexibility index (Phi) is 30.1. The van der Waals surface area contributed by atoms with Crippen molar-refractivity contribution in [1.29, 1.82) is 0 Å². The number of fused-ring (bicyclic) bond motifs is 8. The van der Waals surface area contributed by atoms with Crippen LogP contribution in [0.4, 0.5) is 11.4 Å². The molecule has 0 fully saturated rings. The Morgan fingerprint density at radius 1 is 0.270 bits per heavy atom. The predicted octanol–water partition coefficient (Wildman–Crippen LogP) is 5.76. The first-order valence-corrected chi connectivity index (χ1v) is 25.6. The molecule has 0 saturated heterocycles. The van der Waals surface area contributed by atoms with E-state index in [9.17, 15) is 0 Å². The van der Waals surface area contributed by atoms with E-state index in [0.717, 1.165) is 56.0 Å². The number of ether oxygens (including phenoxy) is 16. The molecule has 0 amide bonds. The number of hydrogen-bond acceptors (Lipinski definition) is 18. The Morgan fingerprint density at radius 2 is 0.459 bits per heavy atom. The maximum Gasteiger partial charge on any atom is 0.126 e. The molecule has 8 bridgehead atoms. The zero-order valence-corrected chi connectivity index (χ0v) is 44.3. The van der Waals surface area contributed by atoms with Gasteiger partial charge in [0.2, 0.25) is 0 Å². The van der Waals surface area contributed by atoms with Crippen molar-refractivity contribution in [2.24, 2.45) is 0 Å². The summed E-state index contributed by atoms with van der Waals surface area (Å²) in [5, 5.41) is 0. The molecule has 18 nitrogen and oxygen atoms in total. The van der Waals surface area contributed by atoms with Crippen LogP contribution in [-0.2, 0) is 82.5 Å². The summed E-state index contributed by atoms with van der Waals surface area (Å²) in [6.45, 7) is 10.1. The molecule has 0 atom stereocenters. The molecule has 412 valence electrons. The lowest BCUT2D eigenvalue weighted by Gasteiger charge is -2.23. The lowest BCUT2D eigenvalue weighted by Crippen LogP contribution is -2.16. The Morgan fingerprint density at radius 3 is 0.676 bits per heavy atom. The van der Waals surface area contributed by atoms with Gasteiger partial charge in [0, 0.05) is 87.8 Å². The molecule has 5 rings (SSSR count). The standard InChI is InChI=1S/C56H82N2O16/c1-59-11-15-63-19-23-67-27-31-71-53-43-7-5-8-44(53)36-48-40-52(58)42-50(56(48)74-34-30-70-26-22-66-18-14-62-4)38-46-10-6-9-45(54(46)72-32-28-68-24-20-64-16-12-60-2)37-49-41-51(57)39-47(35-43)55(49)73-33-29-69-25-21-65-17-13-61-3/h5-10,39-42H,11-38,57-58H2,1-4H3. The van der Waals surface area contributed by atoms with Crippen LogP contribution in [0.3, 0.4) is 0 Å². The lowest BCUT2D eigenvalue weighted by molar-refractivity contribution is 0.0177. The quantitative estimate of drug-likeness (QED) is 0.0354. The van der Waals surface area contributed by atoms with Gasteiger partial charge < -0.3 is 87.3 Å². The van der Waals surface area contributed by atoms with Gasteiger partial charge in [-0.05, 0) is 46.5 Å². The van der Waals surface area contributed by atoms with Gasteiger partial charge in [0.25, 0.3) is 0 Å². The molecule has 74 heavy (non-hydrogen) atoms. The number of nitrogens with two attached hydrogens (primary N) is 2. The summed E-state index contributed by atoms with van der Waals surface area (Å²) >= 11 is 0. The van der Waals surface area contributed by atoms with E-state index < -0.39 is 0 Å². The molecule has 1 aliphatic carbocycles. The minimum Gasteiger partial charge on any atom is -0.491 e. The zero-order valence-electron chi connectivity index (χ0n) is 44.3. The third-order valence-corrected chi connectivity index (χ3v) is 11.5. The third-order valence-electron chi connectivity index (χ3n) is 11.5. The summed E-state index contributed by atoms with van der Waals surface area (Å²) in [6, 6.07) is 20.3. The highest BCUT2D eigenvalue weighted by atomic mass is 16.6. The summed E-state index contributed by atoms with van der Waals surface area (Å²) in [7, 11) is 6.59. The van der Waals surface area contributed by atoms with E-state index in [0.29, 0.717) is 207 Å². The molecule has 0 spiro atoms. The van der Waals surface area contributed by atoms with Gasteiger partial charge in [-0.3, -0.25) is 0 Å². The Labute approximate surface area is 438 Å². The molecule has 0 heterocycles. The summed E-state index contributed by atoms with van der Waals surface area (Å²) in [5.41, 5.74) is 22.1. The second-order valence-electron chi connectivity index (χ2n) is 17.1. The highest BCUT2D eigenvalue weighted by Crippen LogP contribution is 2.40. The first-order chi connectivity index (χ1) is 36.4. The van der Waals surface area contributed by atoms with Crippen molar-refractivity contribution in [2.45, 2.75) is 25.7 Å². The van der Waals surface area contributed by atoms with Crippen LogP contribution in [0.25, 0.3) is 0 Å². The van der Waals surface area contributed by atoms with Crippen LogP contribution in [0.5, 0.6) is 23.0 Å². The second-order valence-corrected chi connectivity index (χ2v) is 17.1. The summed E-state index contributed by atoms with van der Waals surface area (Å²) < 4.78 is 93.6. The van der Waals surface area contributed by atoms with E-state index in [1.807, 2.05) is 36.4 Å². The van der Waals surface area contributed by atoms with E-state index >= 15 is 0 Å². The van der Waals surface area contributed by atoms with E-state index in [1.54, 1.807) is 28.4 Å². The number of para-hydroxylation sites is 2. The zero-order chi connectivity index (χ0) is 52.3. The molecule has 1 aliphatic rings. The molecule has 0 aromatic heterocycles. The number of benzene rings is 4. The van der Waals surface area contributed by atoms with Crippen molar-refractivity contribution in [2.75, 3.05) is 198 Å². The summed E-state index contributed by atoms with van der Waals surface area (Å²) in [4.78, 5) is 0. The van der Waals surface area contributed by atoms with Gasteiger partial charge in [0.1, 0.15) is 49.4 Å². The van der Waals surface area contributed by atoms with Crippen LogP contribution < -0.4 is 30.4 Å². The van der Waals surface area contributed by atoms with E-state index in [4.69, 9.17) is 87.3 Å². The smallest absolute Gasteiger partial charge is 0.126 e. The third kappa shape index (κ3) is 22.2. The molecule has 0 unspecified atom stereocenters. The maximum atomic E-state index is 6.81. The summed E-state index contributed by atoms with van der Waals surface area (Å²) in [5.74, 6) is 2.88. The normalized spacial score (nSPS) is 12.3. The highest BCUT2D eigenvalue weighted by molar-refractivity contribution is 5.61. The van der Waals surface area contributed by atoms with E-state index in [1.165, 1.54) is 0 Å². The first kappa shape index (κ1) is 60.1. The van der Waals surface area contributed by atoms with Gasteiger partial charge >= 0.3 is 0 Å². The molecule has 0 saturated carbocycles. The molecular formula is C56H82N2O16. The fraction of sp³-hybridized carbons (Fsp3) is 0.571. The Balaban J connectivity index is 1.53. The number of anilines is 2. The molecular weight excluding hydrogens is 957 g/mol. The number of rotatable bonds is 40. The van der Waals surface area contributed by atoms with Gasteiger partial charge in [-0.15, -0.1) is 0 Å². The molecule has 4 N–H and O–H groups in total. The van der Waals surface area contributed by atoms with Crippen molar-refractivity contribution in [3.05, 3.63) is 105 Å². The van der Waals surface area contributed by atoms with Crippen molar-refractivity contribution < 1.29 is 75.8 Å². The largest absolute Gasteiger partial charge is 0.491 e. The average molecular weight is 1040 g/mol. The SMILES string of the molecule is COCCOCCOCCOc1c2cccc1Cc1cc(N)cc(c1OCCOCCOCCOC)Cc1cccc(c1OCCOCCOCCOC)Cc1cc(N)cc(c1OCCOCCOCCOC)C2. The predicted molar refractivity (Wildman–Crippen MR) is 282 cm³/mol. The van der Waals surface area contributed by atoms with Crippen LogP contribution in [-0.4, -0.2) is 187 Å². The topological polar surface area (TPSA) is 200 Å². The van der Waals surface area contributed by atoms with Crippen molar-refractivity contribution >= 4 is 11.4 Å². The van der Waals surface area contributed by atoms with Gasteiger partial charge in [-0.1, -0.05) is 36.4 Å². The van der Waals surface area contributed by atoms with Crippen molar-refractivity contribution in [3.63, 3.8) is 0 Å². The van der Waals surface area contributed by atoms with Crippen LogP contribution >= 0.6 is 0 Å². The van der Waals surface area contributed by atoms with E-state index in [-0.39, 0.29) is 0 Å². The van der Waals surface area contributed by atoms with Crippen molar-refractivity contribution in [1.82, 2.24) is 0 Å². The Hall–Kier alpha value is -4.80. The van der Waals surface area contributed by atoms with Gasteiger partial charge in [0.15, 0.2) is 0 Å². The molecule has 0 aliphatic heterocycles. The highest BCUT2D eigenvalue weighted by Gasteiger charge is 2.23. The lowest BCUT2D eigenvalue weighted by atomic mass is 9.91. The minimum atomic E-state index is 0.292. The van der Waals surface area contributed by atoms with E-state index in [2.05, 4.69) is 24.3 Å². The van der Waals surface area contributed by atoms with Gasteiger partial charge in [-0.25, -0.2) is 0 Å². The molecule has 18 heteroatoms. The second kappa shape index (κ2) is 37.0. The first-order valence-electron chi connectivity index (χ1n) is 25.6. The average Bonchev–Trinajstić information content (AvgIpc) is 3.38.